The standard InChI is InChI=1S/C26H24ClFN4O/c27-23-14-15-24-30-25(19-12-10-18(11-13-19)17-6-2-1-3-7-17)22(32(24)31-23)16-29-26(33)20-8-4-5-9-21(20)28/h4-5,8-15,17H,1-3,6-7,16H2,(H,29,33). The summed E-state index contributed by atoms with van der Waals surface area (Å²) in [5, 5.41) is 7.50. The number of nitrogens with zero attached hydrogens (tertiary/aromatic N) is 3. The maximum absolute atomic E-state index is 14.0. The van der Waals surface area contributed by atoms with Crippen LogP contribution in [-0.4, -0.2) is 20.5 Å². The fourth-order valence-electron chi connectivity index (χ4n) is 4.60. The number of aromatic nitrogens is 3. The average Bonchev–Trinajstić information content (AvgIpc) is 3.21. The summed E-state index contributed by atoms with van der Waals surface area (Å²) in [5.74, 6) is -0.439. The van der Waals surface area contributed by atoms with E-state index in [0.717, 1.165) is 5.56 Å². The van der Waals surface area contributed by atoms with Gasteiger partial charge in [0.1, 0.15) is 11.0 Å². The fourth-order valence-corrected chi connectivity index (χ4v) is 4.74. The van der Waals surface area contributed by atoms with Crippen LogP contribution in [0.25, 0.3) is 16.9 Å². The molecule has 0 unspecified atom stereocenters. The number of carbonyl (C=O) groups is 1. The van der Waals surface area contributed by atoms with Crippen molar-refractivity contribution < 1.29 is 9.18 Å². The average molecular weight is 463 g/mol. The molecule has 4 aromatic rings. The molecule has 5 rings (SSSR count). The van der Waals surface area contributed by atoms with E-state index < -0.39 is 11.7 Å². The molecular formula is C26H24ClFN4O. The van der Waals surface area contributed by atoms with E-state index in [-0.39, 0.29) is 12.1 Å². The van der Waals surface area contributed by atoms with Crippen molar-refractivity contribution in [3.05, 3.63) is 88.5 Å². The van der Waals surface area contributed by atoms with Crippen LogP contribution in [0.3, 0.4) is 0 Å². The van der Waals surface area contributed by atoms with Crippen LogP contribution in [0.15, 0.2) is 60.7 Å². The third-order valence-electron chi connectivity index (χ3n) is 6.33. The highest BCUT2D eigenvalue weighted by Gasteiger charge is 2.19. The lowest BCUT2D eigenvalue weighted by Crippen LogP contribution is -2.25. The minimum atomic E-state index is -0.562. The van der Waals surface area contributed by atoms with E-state index in [4.69, 9.17) is 16.6 Å². The minimum Gasteiger partial charge on any atom is -0.346 e. The highest BCUT2D eigenvalue weighted by Crippen LogP contribution is 2.34. The molecule has 0 aliphatic heterocycles. The van der Waals surface area contributed by atoms with Crippen LogP contribution < -0.4 is 5.32 Å². The molecule has 1 saturated carbocycles. The third-order valence-corrected chi connectivity index (χ3v) is 6.53. The molecule has 0 atom stereocenters. The predicted molar refractivity (Wildman–Crippen MR) is 127 cm³/mol. The van der Waals surface area contributed by atoms with Crippen LogP contribution in [-0.2, 0) is 6.54 Å². The summed E-state index contributed by atoms with van der Waals surface area (Å²) >= 11 is 6.14. The van der Waals surface area contributed by atoms with Crippen LogP contribution in [0.4, 0.5) is 4.39 Å². The van der Waals surface area contributed by atoms with Gasteiger partial charge in [-0.2, -0.15) is 5.10 Å². The van der Waals surface area contributed by atoms with Gasteiger partial charge in [0.2, 0.25) is 0 Å². The Morgan fingerprint density at radius 1 is 1.03 bits per heavy atom. The Morgan fingerprint density at radius 2 is 1.79 bits per heavy atom. The lowest BCUT2D eigenvalue weighted by atomic mass is 9.84. The van der Waals surface area contributed by atoms with Gasteiger partial charge in [0.05, 0.1) is 23.5 Å². The van der Waals surface area contributed by atoms with Gasteiger partial charge in [-0.05, 0) is 48.6 Å². The van der Waals surface area contributed by atoms with Crippen molar-refractivity contribution >= 4 is 23.2 Å². The first-order valence-corrected chi connectivity index (χ1v) is 11.6. The molecule has 168 valence electrons. The highest BCUT2D eigenvalue weighted by atomic mass is 35.5. The summed E-state index contributed by atoms with van der Waals surface area (Å²) in [4.78, 5) is 17.4. The second-order valence-electron chi connectivity index (χ2n) is 8.45. The molecule has 1 aliphatic rings. The summed E-state index contributed by atoms with van der Waals surface area (Å²) in [6.07, 6.45) is 6.38. The van der Waals surface area contributed by atoms with Gasteiger partial charge in [-0.1, -0.05) is 67.3 Å². The number of rotatable bonds is 5. The summed E-state index contributed by atoms with van der Waals surface area (Å²) in [6.45, 7) is 0.126. The van der Waals surface area contributed by atoms with E-state index in [9.17, 15) is 9.18 Å². The minimum absolute atomic E-state index is 0.00398. The Hall–Kier alpha value is -3.25. The maximum Gasteiger partial charge on any atom is 0.254 e. The van der Waals surface area contributed by atoms with Gasteiger partial charge in [0.15, 0.2) is 5.65 Å². The number of imidazole rings is 1. The molecular weight excluding hydrogens is 439 g/mol. The second kappa shape index (κ2) is 9.32. The fraction of sp³-hybridized carbons (Fsp3) is 0.269. The second-order valence-corrected chi connectivity index (χ2v) is 8.84. The first-order valence-electron chi connectivity index (χ1n) is 11.3. The normalized spacial score (nSPS) is 14.5. The van der Waals surface area contributed by atoms with Crippen LogP contribution in [0, 0.1) is 5.82 Å². The van der Waals surface area contributed by atoms with E-state index >= 15 is 0 Å². The van der Waals surface area contributed by atoms with Crippen molar-refractivity contribution in [3.63, 3.8) is 0 Å². The molecule has 0 radical (unpaired) electrons. The number of benzene rings is 2. The smallest absolute Gasteiger partial charge is 0.254 e. The topological polar surface area (TPSA) is 59.3 Å². The van der Waals surface area contributed by atoms with Crippen molar-refractivity contribution in [3.8, 4) is 11.3 Å². The predicted octanol–water partition coefficient (Wildman–Crippen LogP) is 6.17. The summed E-state index contributed by atoms with van der Waals surface area (Å²) in [5.41, 5.74) is 4.32. The molecule has 2 heterocycles. The van der Waals surface area contributed by atoms with Crippen molar-refractivity contribution in [1.29, 1.82) is 0 Å². The first-order chi connectivity index (χ1) is 16.1. The number of hydrogen-bond acceptors (Lipinski definition) is 3. The Labute approximate surface area is 196 Å². The molecule has 2 aromatic carbocycles. The van der Waals surface area contributed by atoms with Gasteiger partial charge in [0.25, 0.3) is 5.91 Å². The van der Waals surface area contributed by atoms with Gasteiger partial charge in [0, 0.05) is 5.56 Å². The molecule has 0 saturated heterocycles. The van der Waals surface area contributed by atoms with Crippen LogP contribution in [0.2, 0.25) is 5.15 Å². The molecule has 7 heteroatoms. The van der Waals surface area contributed by atoms with E-state index in [2.05, 4.69) is 34.7 Å². The summed E-state index contributed by atoms with van der Waals surface area (Å²) in [7, 11) is 0. The van der Waals surface area contributed by atoms with Crippen molar-refractivity contribution in [2.45, 2.75) is 44.6 Å². The Balaban J connectivity index is 1.47. The molecule has 1 fully saturated rings. The third kappa shape index (κ3) is 4.48. The molecule has 33 heavy (non-hydrogen) atoms. The van der Waals surface area contributed by atoms with Crippen LogP contribution >= 0.6 is 11.6 Å². The largest absolute Gasteiger partial charge is 0.346 e. The van der Waals surface area contributed by atoms with Crippen LogP contribution in [0.5, 0.6) is 0 Å². The number of hydrogen-bond donors (Lipinski definition) is 1. The SMILES string of the molecule is O=C(NCc1c(-c2ccc(C3CCCCC3)cc2)nc2ccc(Cl)nn12)c1ccccc1F. The van der Waals surface area contributed by atoms with Crippen molar-refractivity contribution in [1.82, 2.24) is 19.9 Å². The zero-order chi connectivity index (χ0) is 22.8. The molecule has 1 N–H and O–H groups in total. The van der Waals surface area contributed by atoms with Gasteiger partial charge >= 0.3 is 0 Å². The number of nitrogens with one attached hydrogen (secondary N) is 1. The lowest BCUT2D eigenvalue weighted by molar-refractivity contribution is 0.0946. The van der Waals surface area contributed by atoms with E-state index in [1.54, 1.807) is 28.8 Å². The van der Waals surface area contributed by atoms with Crippen molar-refractivity contribution in [2.24, 2.45) is 0 Å². The summed E-state index contributed by atoms with van der Waals surface area (Å²) < 4.78 is 15.7. The molecule has 0 spiro atoms. The van der Waals surface area contributed by atoms with E-state index in [0.29, 0.717) is 28.1 Å². The quantitative estimate of drug-likeness (QED) is 0.386. The Bertz CT molecular complexity index is 1300. The van der Waals surface area contributed by atoms with E-state index in [1.807, 2.05) is 0 Å². The molecule has 1 amide bonds. The van der Waals surface area contributed by atoms with Gasteiger partial charge < -0.3 is 5.32 Å². The van der Waals surface area contributed by atoms with Crippen molar-refractivity contribution in [2.75, 3.05) is 0 Å². The zero-order valence-corrected chi connectivity index (χ0v) is 18.9. The highest BCUT2D eigenvalue weighted by molar-refractivity contribution is 6.29. The monoisotopic (exact) mass is 462 g/mol. The Morgan fingerprint density at radius 3 is 2.55 bits per heavy atom. The van der Waals surface area contributed by atoms with Crippen LogP contribution in [0.1, 0.15) is 59.6 Å². The van der Waals surface area contributed by atoms with E-state index in [1.165, 1.54) is 49.8 Å². The molecule has 1 aliphatic carbocycles. The summed E-state index contributed by atoms with van der Waals surface area (Å²) in [6, 6.07) is 17.9. The molecule has 0 bridgehead atoms. The number of amides is 1. The lowest BCUT2D eigenvalue weighted by Gasteiger charge is -2.22. The number of halogens is 2. The van der Waals surface area contributed by atoms with Gasteiger partial charge in [-0.3, -0.25) is 4.79 Å². The number of fused-ring (bicyclic) bond motifs is 1. The molecule has 5 nitrogen and oxygen atoms in total. The Kier molecular flexibility index (Phi) is 6.09. The zero-order valence-electron chi connectivity index (χ0n) is 18.1. The van der Waals surface area contributed by atoms with Gasteiger partial charge in [-0.25, -0.2) is 13.9 Å². The molecule has 2 aromatic heterocycles. The first kappa shape index (κ1) is 21.6. The number of carbonyl (C=O) groups excluding carboxylic acids is 1. The maximum atomic E-state index is 14.0. The van der Waals surface area contributed by atoms with Gasteiger partial charge in [-0.15, -0.1) is 0 Å².